The predicted molar refractivity (Wildman–Crippen MR) is 50.2 cm³/mol. The zero-order valence-electron chi connectivity index (χ0n) is 6.39. The molecule has 3 fully saturated rings. The fraction of sp³-hybridized carbons (Fsp3) is 1.00. The van der Waals surface area contributed by atoms with E-state index in [1.165, 1.54) is 25.7 Å². The number of alkyl halides is 2. The maximum atomic E-state index is 6.57. The van der Waals surface area contributed by atoms with E-state index in [9.17, 15) is 0 Å². The molecule has 0 heterocycles. The van der Waals surface area contributed by atoms with Gasteiger partial charge in [0, 0.05) is 4.83 Å². The molecule has 3 aliphatic carbocycles. The average molecular weight is 236 g/mol. The molecule has 0 aromatic carbocycles. The average Bonchev–Trinajstić information content (AvgIpc) is 1.97. The van der Waals surface area contributed by atoms with Gasteiger partial charge in [0.2, 0.25) is 0 Å². The van der Waals surface area contributed by atoms with Crippen LogP contribution in [0.5, 0.6) is 0 Å². The van der Waals surface area contributed by atoms with Crippen LogP contribution in [-0.4, -0.2) is 9.70 Å². The molecular formula is C9H12BrCl. The predicted octanol–water partition coefficient (Wildman–Crippen LogP) is 3.18. The van der Waals surface area contributed by atoms with Crippen LogP contribution in [0.25, 0.3) is 0 Å². The molecule has 5 unspecified atom stereocenters. The zero-order valence-corrected chi connectivity index (χ0v) is 8.74. The van der Waals surface area contributed by atoms with Gasteiger partial charge < -0.3 is 0 Å². The Labute approximate surface area is 80.8 Å². The third-order valence-corrected chi connectivity index (χ3v) is 5.83. The molecule has 0 spiro atoms. The van der Waals surface area contributed by atoms with Crippen molar-refractivity contribution in [3.05, 3.63) is 0 Å². The van der Waals surface area contributed by atoms with E-state index in [-0.39, 0.29) is 4.87 Å². The van der Waals surface area contributed by atoms with Crippen molar-refractivity contribution in [2.75, 3.05) is 0 Å². The van der Waals surface area contributed by atoms with Crippen molar-refractivity contribution >= 4 is 27.5 Å². The number of fused-ring (bicyclic) bond motifs is 3. The van der Waals surface area contributed by atoms with Gasteiger partial charge in [-0.1, -0.05) is 15.9 Å². The van der Waals surface area contributed by atoms with E-state index in [0.29, 0.717) is 0 Å². The van der Waals surface area contributed by atoms with Gasteiger partial charge in [0.15, 0.2) is 0 Å². The lowest BCUT2D eigenvalue weighted by Crippen LogP contribution is -2.52. The van der Waals surface area contributed by atoms with Gasteiger partial charge in [0.25, 0.3) is 0 Å². The maximum absolute atomic E-state index is 6.57. The summed E-state index contributed by atoms with van der Waals surface area (Å²) in [6.45, 7) is 0. The van der Waals surface area contributed by atoms with Crippen LogP contribution in [0.3, 0.4) is 0 Å². The van der Waals surface area contributed by atoms with Crippen molar-refractivity contribution < 1.29 is 0 Å². The Balaban J connectivity index is 1.91. The van der Waals surface area contributed by atoms with Gasteiger partial charge in [-0.2, -0.15) is 0 Å². The lowest BCUT2D eigenvalue weighted by atomic mass is 9.66. The molecule has 3 rings (SSSR count). The molecule has 0 nitrogen and oxygen atoms in total. The molecule has 62 valence electrons. The lowest BCUT2D eigenvalue weighted by Gasteiger charge is -2.49. The molecule has 0 saturated heterocycles. The van der Waals surface area contributed by atoms with Crippen LogP contribution in [0.1, 0.15) is 25.7 Å². The minimum absolute atomic E-state index is 0.247. The van der Waals surface area contributed by atoms with Crippen molar-refractivity contribution in [3.63, 3.8) is 0 Å². The first-order valence-electron chi connectivity index (χ1n) is 4.55. The standard InChI is InChI=1S/C9H12BrCl/c10-8-4-9(11)6-2-1-5(6)3-7(8)9/h5-8H,1-4H2. The van der Waals surface area contributed by atoms with E-state index >= 15 is 0 Å². The molecule has 11 heavy (non-hydrogen) atoms. The Morgan fingerprint density at radius 3 is 2.55 bits per heavy atom. The van der Waals surface area contributed by atoms with Gasteiger partial charge in [0.05, 0.1) is 4.87 Å². The van der Waals surface area contributed by atoms with Crippen LogP contribution in [-0.2, 0) is 0 Å². The summed E-state index contributed by atoms with van der Waals surface area (Å²) in [5.74, 6) is 2.70. The molecule has 0 aliphatic heterocycles. The topological polar surface area (TPSA) is 0 Å². The van der Waals surface area contributed by atoms with Crippen molar-refractivity contribution in [1.82, 2.24) is 0 Å². The maximum Gasteiger partial charge on any atom is 0.0527 e. The van der Waals surface area contributed by atoms with Crippen LogP contribution < -0.4 is 0 Å². The van der Waals surface area contributed by atoms with Gasteiger partial charge in [0.1, 0.15) is 0 Å². The van der Waals surface area contributed by atoms with Gasteiger partial charge in [-0.25, -0.2) is 0 Å². The molecule has 5 atom stereocenters. The fourth-order valence-corrected chi connectivity index (χ4v) is 5.57. The Hall–Kier alpha value is 0.770. The summed E-state index contributed by atoms with van der Waals surface area (Å²) in [4.78, 5) is 0.988. The second-order valence-corrected chi connectivity index (χ2v) is 6.31. The van der Waals surface area contributed by atoms with Crippen LogP contribution in [0.4, 0.5) is 0 Å². The Bertz CT molecular complexity index is 206. The molecule has 0 aromatic heterocycles. The largest absolute Gasteiger partial charge is 0.119 e. The summed E-state index contributed by atoms with van der Waals surface area (Å²) >= 11 is 10.3. The SMILES string of the molecule is ClC12CC(Br)C1CC1CCC12. The normalized spacial score (nSPS) is 66.0. The van der Waals surface area contributed by atoms with Gasteiger partial charge in [-0.05, 0) is 43.4 Å². The van der Waals surface area contributed by atoms with Crippen LogP contribution in [0.2, 0.25) is 0 Å². The Morgan fingerprint density at radius 2 is 2.09 bits per heavy atom. The summed E-state index contributed by atoms with van der Waals surface area (Å²) in [6.07, 6.45) is 5.49. The van der Waals surface area contributed by atoms with Crippen LogP contribution in [0, 0.1) is 17.8 Å². The first kappa shape index (κ1) is 7.20. The van der Waals surface area contributed by atoms with E-state index in [2.05, 4.69) is 15.9 Å². The molecule has 0 amide bonds. The second kappa shape index (κ2) is 1.98. The van der Waals surface area contributed by atoms with Gasteiger partial charge >= 0.3 is 0 Å². The van der Waals surface area contributed by atoms with Crippen molar-refractivity contribution in [2.45, 2.75) is 35.4 Å². The molecule has 0 aromatic rings. The highest BCUT2D eigenvalue weighted by molar-refractivity contribution is 9.09. The van der Waals surface area contributed by atoms with Gasteiger partial charge in [-0.3, -0.25) is 0 Å². The quantitative estimate of drug-likeness (QED) is 0.566. The molecule has 2 heteroatoms. The van der Waals surface area contributed by atoms with Crippen LogP contribution >= 0.6 is 27.5 Å². The first-order valence-corrected chi connectivity index (χ1v) is 5.84. The number of halogens is 2. The van der Waals surface area contributed by atoms with Crippen molar-refractivity contribution in [3.8, 4) is 0 Å². The minimum atomic E-state index is 0.247. The smallest absolute Gasteiger partial charge is 0.0527 e. The lowest BCUT2D eigenvalue weighted by molar-refractivity contribution is 0.148. The fourth-order valence-electron chi connectivity index (χ4n) is 3.31. The first-order chi connectivity index (χ1) is 5.22. The van der Waals surface area contributed by atoms with E-state index < -0.39 is 0 Å². The highest BCUT2D eigenvalue weighted by Gasteiger charge is 2.65. The highest BCUT2D eigenvalue weighted by atomic mass is 79.9. The molecule has 0 bridgehead atoms. The minimum Gasteiger partial charge on any atom is -0.119 e. The summed E-state index contributed by atoms with van der Waals surface area (Å²) in [5, 5.41) is 0. The summed E-state index contributed by atoms with van der Waals surface area (Å²) in [6, 6.07) is 0. The number of rotatable bonds is 0. The molecular weight excluding hydrogens is 223 g/mol. The van der Waals surface area contributed by atoms with E-state index in [1.54, 1.807) is 0 Å². The third kappa shape index (κ3) is 0.685. The molecule has 0 radical (unpaired) electrons. The second-order valence-electron chi connectivity index (χ2n) is 4.43. The Morgan fingerprint density at radius 1 is 1.27 bits per heavy atom. The third-order valence-electron chi connectivity index (χ3n) is 4.15. The summed E-state index contributed by atoms with van der Waals surface area (Å²) in [7, 11) is 0. The van der Waals surface area contributed by atoms with E-state index in [4.69, 9.17) is 11.6 Å². The summed E-state index contributed by atoms with van der Waals surface area (Å²) in [5.41, 5.74) is 0. The molecule has 3 aliphatic rings. The van der Waals surface area contributed by atoms with Crippen molar-refractivity contribution in [1.29, 1.82) is 0 Å². The van der Waals surface area contributed by atoms with Gasteiger partial charge in [-0.15, -0.1) is 11.6 Å². The monoisotopic (exact) mass is 234 g/mol. The Kier molecular flexibility index (Phi) is 1.30. The van der Waals surface area contributed by atoms with Crippen LogP contribution in [0.15, 0.2) is 0 Å². The number of hydrogen-bond acceptors (Lipinski definition) is 0. The zero-order chi connectivity index (χ0) is 7.64. The van der Waals surface area contributed by atoms with E-state index in [1.807, 2.05) is 0 Å². The molecule has 3 saturated carbocycles. The summed E-state index contributed by atoms with van der Waals surface area (Å²) < 4.78 is 0. The molecule has 0 N–H and O–H groups in total. The number of hydrogen-bond donors (Lipinski definition) is 0. The highest BCUT2D eigenvalue weighted by Crippen LogP contribution is 2.68. The van der Waals surface area contributed by atoms with E-state index in [0.717, 1.165) is 22.6 Å². The van der Waals surface area contributed by atoms with Crippen molar-refractivity contribution in [2.24, 2.45) is 17.8 Å².